The molecule has 1 aliphatic rings. The molecule has 0 spiro atoms. The SMILES string of the molecule is NNC(=O)c1ccc2c(-c3c(-c4ccccn4)nn4c3CCC4)ccnc2c1. The molecule has 28 heavy (non-hydrogen) atoms. The molecular weight excluding hydrogens is 352 g/mol. The second-order valence-electron chi connectivity index (χ2n) is 6.78. The third-order valence-electron chi connectivity index (χ3n) is 5.15. The lowest BCUT2D eigenvalue weighted by Gasteiger charge is -2.10. The Bertz CT molecular complexity index is 1200. The molecule has 1 aliphatic heterocycles. The molecule has 1 aromatic carbocycles. The number of nitrogens with one attached hydrogen (secondary N) is 1. The van der Waals surface area contributed by atoms with E-state index in [-0.39, 0.29) is 5.91 Å². The summed E-state index contributed by atoms with van der Waals surface area (Å²) in [6.45, 7) is 0.916. The van der Waals surface area contributed by atoms with Crippen molar-refractivity contribution in [2.45, 2.75) is 19.4 Å². The molecule has 0 bridgehead atoms. The first-order chi connectivity index (χ1) is 13.8. The van der Waals surface area contributed by atoms with E-state index < -0.39 is 0 Å². The molecule has 0 saturated heterocycles. The van der Waals surface area contributed by atoms with Gasteiger partial charge in [0.2, 0.25) is 0 Å². The van der Waals surface area contributed by atoms with Gasteiger partial charge in [-0.05, 0) is 48.7 Å². The summed E-state index contributed by atoms with van der Waals surface area (Å²) in [6, 6.07) is 13.3. The monoisotopic (exact) mass is 370 g/mol. The minimum absolute atomic E-state index is 0.338. The number of rotatable bonds is 3. The maximum absolute atomic E-state index is 11.9. The number of hydrogen-bond acceptors (Lipinski definition) is 5. The molecule has 3 aromatic heterocycles. The number of nitrogen functional groups attached to an aromatic ring is 1. The van der Waals surface area contributed by atoms with Gasteiger partial charge >= 0.3 is 0 Å². The van der Waals surface area contributed by atoms with E-state index in [4.69, 9.17) is 10.9 Å². The van der Waals surface area contributed by atoms with E-state index >= 15 is 0 Å². The van der Waals surface area contributed by atoms with Gasteiger partial charge in [0.15, 0.2) is 0 Å². The quantitative estimate of drug-likeness (QED) is 0.328. The minimum atomic E-state index is -0.338. The van der Waals surface area contributed by atoms with Crippen LogP contribution < -0.4 is 11.3 Å². The molecule has 3 N–H and O–H groups in total. The second kappa shape index (κ2) is 6.54. The Kier molecular flexibility index (Phi) is 3.87. The van der Waals surface area contributed by atoms with Gasteiger partial charge in [0, 0.05) is 41.1 Å². The first-order valence-corrected chi connectivity index (χ1v) is 9.17. The van der Waals surface area contributed by atoms with Crippen molar-refractivity contribution in [3.8, 4) is 22.5 Å². The van der Waals surface area contributed by atoms with Gasteiger partial charge in [0.25, 0.3) is 5.91 Å². The summed E-state index contributed by atoms with van der Waals surface area (Å²) in [6.07, 6.45) is 5.61. The number of fused-ring (bicyclic) bond motifs is 2. The predicted molar refractivity (Wildman–Crippen MR) is 106 cm³/mol. The van der Waals surface area contributed by atoms with Crippen LogP contribution in [0.1, 0.15) is 22.5 Å². The van der Waals surface area contributed by atoms with Gasteiger partial charge in [-0.1, -0.05) is 12.1 Å². The summed E-state index contributed by atoms with van der Waals surface area (Å²) in [5.41, 5.74) is 8.48. The van der Waals surface area contributed by atoms with E-state index in [1.54, 1.807) is 24.5 Å². The van der Waals surface area contributed by atoms with Crippen LogP contribution in [0.15, 0.2) is 54.9 Å². The Morgan fingerprint density at radius 3 is 2.86 bits per heavy atom. The van der Waals surface area contributed by atoms with Crippen LogP contribution in [0.3, 0.4) is 0 Å². The van der Waals surface area contributed by atoms with Gasteiger partial charge in [-0.25, -0.2) is 5.84 Å². The molecule has 138 valence electrons. The Hall–Kier alpha value is -3.58. The molecule has 0 unspecified atom stereocenters. The van der Waals surface area contributed by atoms with Crippen molar-refractivity contribution >= 4 is 16.8 Å². The zero-order valence-corrected chi connectivity index (χ0v) is 15.1. The van der Waals surface area contributed by atoms with Crippen molar-refractivity contribution < 1.29 is 4.79 Å². The molecule has 4 aromatic rings. The number of aromatic nitrogens is 4. The number of hydrazine groups is 1. The number of aryl methyl sites for hydroxylation is 1. The Morgan fingerprint density at radius 1 is 1.11 bits per heavy atom. The highest BCUT2D eigenvalue weighted by molar-refractivity contribution is 6.02. The lowest BCUT2D eigenvalue weighted by molar-refractivity contribution is 0.0954. The highest BCUT2D eigenvalue weighted by Crippen LogP contribution is 2.39. The van der Waals surface area contributed by atoms with Crippen LogP contribution in [-0.2, 0) is 13.0 Å². The Balaban J connectivity index is 1.76. The molecule has 0 saturated carbocycles. The summed E-state index contributed by atoms with van der Waals surface area (Å²) in [5.74, 6) is 4.92. The van der Waals surface area contributed by atoms with Crippen LogP contribution in [-0.4, -0.2) is 25.7 Å². The van der Waals surface area contributed by atoms with Crippen LogP contribution in [0.5, 0.6) is 0 Å². The molecule has 0 fully saturated rings. The molecule has 1 amide bonds. The van der Waals surface area contributed by atoms with E-state index in [9.17, 15) is 4.79 Å². The fraction of sp³-hybridized carbons (Fsp3) is 0.143. The predicted octanol–water partition coefficient (Wildman–Crippen LogP) is 2.71. The normalized spacial score (nSPS) is 12.9. The number of nitrogens with zero attached hydrogens (tertiary/aromatic N) is 4. The second-order valence-corrected chi connectivity index (χ2v) is 6.78. The van der Waals surface area contributed by atoms with Crippen molar-refractivity contribution in [1.82, 2.24) is 25.2 Å². The van der Waals surface area contributed by atoms with Gasteiger partial charge in [-0.15, -0.1) is 0 Å². The van der Waals surface area contributed by atoms with Gasteiger partial charge in [0.1, 0.15) is 5.69 Å². The number of carbonyl (C=O) groups excluding carboxylic acids is 1. The molecule has 0 atom stereocenters. The lowest BCUT2D eigenvalue weighted by atomic mass is 9.96. The van der Waals surface area contributed by atoms with Crippen LogP contribution in [0.4, 0.5) is 0 Å². The number of carbonyl (C=O) groups is 1. The number of nitrogens with two attached hydrogens (primary N) is 1. The molecule has 7 heteroatoms. The highest BCUT2D eigenvalue weighted by atomic mass is 16.2. The first kappa shape index (κ1) is 16.6. The van der Waals surface area contributed by atoms with Crippen molar-refractivity contribution in [3.63, 3.8) is 0 Å². The van der Waals surface area contributed by atoms with E-state index in [0.717, 1.165) is 52.8 Å². The molecule has 5 rings (SSSR count). The van der Waals surface area contributed by atoms with E-state index in [0.29, 0.717) is 5.56 Å². The average Bonchev–Trinajstić information content (AvgIpc) is 3.34. The van der Waals surface area contributed by atoms with E-state index in [1.807, 2.05) is 30.3 Å². The van der Waals surface area contributed by atoms with Crippen molar-refractivity contribution in [1.29, 1.82) is 0 Å². The van der Waals surface area contributed by atoms with Crippen LogP contribution >= 0.6 is 0 Å². The lowest BCUT2D eigenvalue weighted by Crippen LogP contribution is -2.29. The molecular formula is C21H18N6O. The summed E-state index contributed by atoms with van der Waals surface area (Å²) in [5, 5.41) is 5.82. The summed E-state index contributed by atoms with van der Waals surface area (Å²) in [4.78, 5) is 20.9. The molecule has 0 radical (unpaired) electrons. The van der Waals surface area contributed by atoms with Gasteiger partial charge in [-0.2, -0.15) is 5.10 Å². The maximum atomic E-state index is 11.9. The largest absolute Gasteiger partial charge is 0.290 e. The number of amides is 1. The molecule has 4 heterocycles. The summed E-state index contributed by atoms with van der Waals surface area (Å²) >= 11 is 0. The van der Waals surface area contributed by atoms with Crippen LogP contribution in [0.2, 0.25) is 0 Å². The fourth-order valence-electron chi connectivity index (χ4n) is 3.89. The van der Waals surface area contributed by atoms with Gasteiger partial charge in [0.05, 0.1) is 11.2 Å². The number of hydrogen-bond donors (Lipinski definition) is 2. The zero-order valence-electron chi connectivity index (χ0n) is 15.1. The molecule has 0 aliphatic carbocycles. The minimum Gasteiger partial charge on any atom is -0.290 e. The van der Waals surface area contributed by atoms with Gasteiger partial charge in [-0.3, -0.25) is 24.9 Å². The number of pyridine rings is 2. The standard InChI is InChI=1S/C21H18N6O/c22-25-21(28)13-6-7-14-15(8-10-24-17(14)12-13)19-18-5-3-11-27(18)26-20(19)16-4-1-2-9-23-16/h1-2,4,6-10,12H,3,5,11,22H2,(H,25,28). The fourth-order valence-corrected chi connectivity index (χ4v) is 3.89. The molecule has 7 nitrogen and oxygen atoms in total. The van der Waals surface area contributed by atoms with E-state index in [2.05, 4.69) is 20.1 Å². The Morgan fingerprint density at radius 2 is 2.04 bits per heavy atom. The maximum Gasteiger partial charge on any atom is 0.265 e. The number of benzene rings is 1. The first-order valence-electron chi connectivity index (χ1n) is 9.17. The van der Waals surface area contributed by atoms with E-state index in [1.165, 1.54) is 5.69 Å². The van der Waals surface area contributed by atoms with Crippen molar-refractivity contribution in [2.75, 3.05) is 0 Å². The highest BCUT2D eigenvalue weighted by Gasteiger charge is 2.25. The topological polar surface area (TPSA) is 98.7 Å². The van der Waals surface area contributed by atoms with Crippen molar-refractivity contribution in [3.05, 3.63) is 66.1 Å². The van der Waals surface area contributed by atoms with Crippen molar-refractivity contribution in [2.24, 2.45) is 5.84 Å². The third kappa shape index (κ3) is 2.56. The smallest absolute Gasteiger partial charge is 0.265 e. The summed E-state index contributed by atoms with van der Waals surface area (Å²) in [7, 11) is 0. The Labute approximate surface area is 161 Å². The van der Waals surface area contributed by atoms with Gasteiger partial charge < -0.3 is 0 Å². The zero-order chi connectivity index (χ0) is 19.1. The van der Waals surface area contributed by atoms with Crippen LogP contribution in [0, 0.1) is 0 Å². The third-order valence-corrected chi connectivity index (χ3v) is 5.15. The average molecular weight is 370 g/mol. The summed E-state index contributed by atoms with van der Waals surface area (Å²) < 4.78 is 2.09. The van der Waals surface area contributed by atoms with Crippen LogP contribution in [0.25, 0.3) is 33.4 Å².